The smallest absolute Gasteiger partial charge is 0.246 e. The number of carbonyl (C=O) groups is 1. The van der Waals surface area contributed by atoms with Gasteiger partial charge >= 0.3 is 0 Å². The fourth-order valence-electron chi connectivity index (χ4n) is 5.66. The molecule has 3 fully saturated rings. The van der Waals surface area contributed by atoms with Gasteiger partial charge in [0.1, 0.15) is 17.3 Å². The summed E-state index contributed by atoms with van der Waals surface area (Å²) in [5.41, 5.74) is 9.64. The maximum absolute atomic E-state index is 13.2. The van der Waals surface area contributed by atoms with Crippen LogP contribution in [-0.2, 0) is 4.79 Å². The second-order valence-electron chi connectivity index (χ2n) is 12.5. The number of hydrogen-bond acceptors (Lipinski definition) is 6. The quantitative estimate of drug-likeness (QED) is 0.136. The number of nitrogens with zero attached hydrogens (tertiary/aromatic N) is 3. The third-order valence-electron chi connectivity index (χ3n) is 8.64. The minimum absolute atomic E-state index is 0.0500. The Morgan fingerprint density at radius 2 is 1.71 bits per heavy atom. The summed E-state index contributed by atoms with van der Waals surface area (Å²) < 4.78 is 5.95. The van der Waals surface area contributed by atoms with Gasteiger partial charge in [-0.05, 0) is 95.2 Å². The number of carbonyl (C=O) groups excluding carboxylic acids is 1. The third kappa shape index (κ3) is 9.17. The number of benzene rings is 2. The van der Waals surface area contributed by atoms with Crippen LogP contribution in [-0.4, -0.2) is 65.0 Å². The van der Waals surface area contributed by atoms with E-state index in [4.69, 9.17) is 15.5 Å². The van der Waals surface area contributed by atoms with E-state index in [1.807, 2.05) is 71.8 Å². The van der Waals surface area contributed by atoms with Crippen molar-refractivity contribution >= 4 is 17.5 Å². The zero-order valence-corrected chi connectivity index (χ0v) is 27.0. The van der Waals surface area contributed by atoms with E-state index >= 15 is 0 Å². The molecule has 0 radical (unpaired) electrons. The maximum Gasteiger partial charge on any atom is 0.246 e. The van der Waals surface area contributed by atoms with Crippen LogP contribution in [0.25, 0.3) is 0 Å². The molecule has 0 aromatic heterocycles. The number of nitrogens with one attached hydrogen (secondary N) is 2. The maximum atomic E-state index is 13.2. The SMILES string of the molecule is CC/C(C)=C/NC(=NC1CCCN(C(=O)/C=C/CN(C2CC2)C2CC2)C1)/C(C(=N)c1ccc(Oc2ccccc2)cc1)=C(\C)N. The average Bonchev–Trinajstić information content (AvgIpc) is 3.98. The first-order valence-corrected chi connectivity index (χ1v) is 16.4. The van der Waals surface area contributed by atoms with E-state index in [1.165, 1.54) is 25.7 Å². The van der Waals surface area contributed by atoms with Gasteiger partial charge in [0.05, 0.1) is 17.3 Å². The lowest BCUT2D eigenvalue weighted by Gasteiger charge is -2.31. The van der Waals surface area contributed by atoms with Crippen molar-refractivity contribution in [2.45, 2.75) is 83.8 Å². The van der Waals surface area contributed by atoms with Gasteiger partial charge in [-0.15, -0.1) is 0 Å². The molecule has 8 nitrogen and oxygen atoms in total. The van der Waals surface area contributed by atoms with Gasteiger partial charge in [0.25, 0.3) is 0 Å². The Morgan fingerprint density at radius 3 is 2.33 bits per heavy atom. The monoisotopic (exact) mass is 608 g/mol. The Kier molecular flexibility index (Phi) is 10.9. The fraction of sp³-hybridized carbons (Fsp3) is 0.432. The minimum atomic E-state index is -0.104. The summed E-state index contributed by atoms with van der Waals surface area (Å²) in [7, 11) is 0. The standard InChI is InChI=1S/C37H48N6O2/c1-4-26(2)24-40-37(35(27(3)38)36(39)28-14-20-33(21-15-28)45-32-11-6-5-7-12-32)41-29-10-8-22-42(25-29)34(44)13-9-23-43(30-16-17-30)31-18-19-31/h5-7,9,11-15,20-21,24,29-31,39H,4,8,10,16-19,22-23,25,38H2,1-3H3,(H,40,41)/b13-9+,26-24+,35-27+,39-36?. The molecule has 45 heavy (non-hydrogen) atoms. The van der Waals surface area contributed by atoms with Crippen molar-refractivity contribution in [3.63, 3.8) is 0 Å². The molecule has 1 atom stereocenters. The Labute approximate surface area is 268 Å². The molecule has 5 rings (SSSR count). The first kappa shape index (κ1) is 32.2. The molecule has 1 saturated heterocycles. The summed E-state index contributed by atoms with van der Waals surface area (Å²) >= 11 is 0. The lowest BCUT2D eigenvalue weighted by atomic mass is 9.99. The van der Waals surface area contributed by atoms with Crippen LogP contribution in [0.5, 0.6) is 11.5 Å². The van der Waals surface area contributed by atoms with Gasteiger partial charge in [0, 0.05) is 55.3 Å². The molecular formula is C37H48N6O2. The van der Waals surface area contributed by atoms with E-state index in [0.29, 0.717) is 35.0 Å². The largest absolute Gasteiger partial charge is 0.457 e. The van der Waals surface area contributed by atoms with Crippen LogP contribution in [0.15, 0.2) is 94.8 Å². The number of amidine groups is 1. The zero-order valence-electron chi connectivity index (χ0n) is 27.0. The highest BCUT2D eigenvalue weighted by molar-refractivity contribution is 6.29. The highest BCUT2D eigenvalue weighted by Gasteiger charge is 2.38. The molecule has 2 aliphatic carbocycles. The molecule has 2 aromatic rings. The number of aliphatic imine (C=N–C) groups is 1. The summed E-state index contributed by atoms with van der Waals surface area (Å²) in [4.78, 5) is 22.8. The highest BCUT2D eigenvalue weighted by atomic mass is 16.5. The molecule has 2 saturated carbocycles. The summed E-state index contributed by atoms with van der Waals surface area (Å²) in [6.45, 7) is 8.09. The van der Waals surface area contributed by atoms with E-state index in [2.05, 4.69) is 24.1 Å². The van der Waals surface area contributed by atoms with Crippen LogP contribution in [0.3, 0.4) is 0 Å². The van der Waals surface area contributed by atoms with Crippen LogP contribution in [0.4, 0.5) is 0 Å². The topological polar surface area (TPSA) is 107 Å². The Balaban J connectivity index is 1.30. The first-order valence-electron chi connectivity index (χ1n) is 16.4. The summed E-state index contributed by atoms with van der Waals surface area (Å²) in [5.74, 6) is 2.05. The molecule has 3 aliphatic rings. The van der Waals surface area contributed by atoms with Crippen LogP contribution in [0, 0.1) is 5.41 Å². The fourth-order valence-corrected chi connectivity index (χ4v) is 5.66. The van der Waals surface area contributed by atoms with E-state index < -0.39 is 0 Å². The van der Waals surface area contributed by atoms with E-state index in [-0.39, 0.29) is 17.7 Å². The molecule has 8 heteroatoms. The van der Waals surface area contributed by atoms with Crippen LogP contribution in [0.2, 0.25) is 0 Å². The number of likely N-dealkylation sites (tertiary alicyclic amines) is 1. The number of hydrogen-bond donors (Lipinski definition) is 3. The molecule has 1 amide bonds. The van der Waals surface area contributed by atoms with Gasteiger partial charge in [-0.25, -0.2) is 0 Å². The number of para-hydroxylation sites is 1. The third-order valence-corrected chi connectivity index (χ3v) is 8.64. The molecule has 0 bridgehead atoms. The predicted octanol–water partition coefficient (Wildman–Crippen LogP) is 6.56. The van der Waals surface area contributed by atoms with Gasteiger partial charge in [0.15, 0.2) is 0 Å². The average molecular weight is 609 g/mol. The Hall–Kier alpha value is -4.17. The second-order valence-corrected chi connectivity index (χ2v) is 12.5. The van der Waals surface area contributed by atoms with Crippen molar-refractivity contribution < 1.29 is 9.53 Å². The summed E-state index contributed by atoms with van der Waals surface area (Å²) in [5, 5.41) is 12.6. The van der Waals surface area contributed by atoms with E-state index in [1.54, 1.807) is 13.0 Å². The highest BCUT2D eigenvalue weighted by Crippen LogP contribution is 2.37. The zero-order chi connectivity index (χ0) is 31.8. The van der Waals surface area contributed by atoms with Gasteiger partial charge in [-0.1, -0.05) is 36.8 Å². The molecular weight excluding hydrogens is 560 g/mol. The van der Waals surface area contributed by atoms with Crippen molar-refractivity contribution in [1.29, 1.82) is 5.41 Å². The minimum Gasteiger partial charge on any atom is -0.457 e. The van der Waals surface area contributed by atoms with E-state index in [0.717, 1.165) is 55.8 Å². The van der Waals surface area contributed by atoms with Gasteiger partial charge in [-0.3, -0.25) is 20.1 Å². The number of amides is 1. The van der Waals surface area contributed by atoms with Crippen molar-refractivity contribution in [3.8, 4) is 11.5 Å². The summed E-state index contributed by atoms with van der Waals surface area (Å²) in [6.07, 6.45) is 13.5. The van der Waals surface area contributed by atoms with Crippen molar-refractivity contribution in [2.24, 2.45) is 10.7 Å². The normalized spacial score (nSPS) is 19.9. The van der Waals surface area contributed by atoms with Gasteiger partial charge in [0.2, 0.25) is 5.91 Å². The Bertz CT molecular complexity index is 1440. The molecule has 1 aliphatic heterocycles. The molecule has 1 heterocycles. The number of piperidine rings is 1. The van der Waals surface area contributed by atoms with Crippen molar-refractivity contribution in [1.82, 2.24) is 15.1 Å². The number of rotatable bonds is 13. The lowest BCUT2D eigenvalue weighted by molar-refractivity contribution is -0.127. The van der Waals surface area contributed by atoms with Crippen LogP contribution >= 0.6 is 0 Å². The van der Waals surface area contributed by atoms with Crippen LogP contribution < -0.4 is 15.8 Å². The van der Waals surface area contributed by atoms with Crippen LogP contribution in [0.1, 0.15) is 71.3 Å². The number of ether oxygens (including phenoxy) is 1. The molecule has 2 aromatic carbocycles. The molecule has 0 spiro atoms. The van der Waals surface area contributed by atoms with Crippen molar-refractivity contribution in [3.05, 3.63) is 95.4 Å². The Morgan fingerprint density at radius 1 is 1.04 bits per heavy atom. The molecule has 1 unspecified atom stereocenters. The number of nitrogens with two attached hydrogens (primary N) is 1. The molecule has 4 N–H and O–H groups in total. The van der Waals surface area contributed by atoms with Crippen molar-refractivity contribution in [2.75, 3.05) is 19.6 Å². The first-order chi connectivity index (χ1) is 21.8. The summed E-state index contributed by atoms with van der Waals surface area (Å²) in [6, 6.07) is 18.4. The van der Waals surface area contributed by atoms with Gasteiger partial charge in [-0.2, -0.15) is 0 Å². The predicted molar refractivity (Wildman–Crippen MR) is 183 cm³/mol. The lowest BCUT2D eigenvalue weighted by Crippen LogP contribution is -2.42. The number of allylic oxidation sites excluding steroid dienone is 2. The van der Waals surface area contributed by atoms with E-state index in [9.17, 15) is 10.2 Å². The van der Waals surface area contributed by atoms with Gasteiger partial charge < -0.3 is 20.7 Å². The second kappa shape index (κ2) is 15.2. The molecule has 238 valence electrons.